The number of benzene rings is 1. The number of amides is 1. The van der Waals surface area contributed by atoms with Gasteiger partial charge in [0.15, 0.2) is 5.13 Å². The van der Waals surface area contributed by atoms with Gasteiger partial charge >= 0.3 is 0 Å². The summed E-state index contributed by atoms with van der Waals surface area (Å²) in [5, 5.41) is 8.71. The molecular formula is C18H24N4O4S2. The number of aromatic nitrogens is 1. The van der Waals surface area contributed by atoms with E-state index in [1.165, 1.54) is 21.9 Å². The molecule has 3 rings (SSSR count). The molecule has 1 amide bonds. The van der Waals surface area contributed by atoms with Gasteiger partial charge in [-0.2, -0.15) is 0 Å². The first-order valence-electron chi connectivity index (χ1n) is 8.89. The fourth-order valence-corrected chi connectivity index (χ4v) is 4.73. The fourth-order valence-electron chi connectivity index (χ4n) is 3.17. The molecule has 0 unspecified atom stereocenters. The fraction of sp³-hybridized carbons (Fsp3) is 0.444. The van der Waals surface area contributed by atoms with Crippen molar-refractivity contribution < 1.29 is 17.9 Å². The first-order valence-corrected chi connectivity index (χ1v) is 11.6. The number of carbonyl (C=O) groups excluding carboxylic acids is 1. The van der Waals surface area contributed by atoms with Crippen LogP contribution >= 0.6 is 11.3 Å². The molecule has 2 heterocycles. The van der Waals surface area contributed by atoms with Crippen molar-refractivity contribution in [3.8, 4) is 17.0 Å². The second-order valence-corrected chi connectivity index (χ2v) is 9.47. The molecule has 0 atom stereocenters. The molecule has 1 aromatic heterocycles. The van der Waals surface area contributed by atoms with Crippen LogP contribution in [0.25, 0.3) is 11.3 Å². The Kier molecular flexibility index (Phi) is 6.21. The summed E-state index contributed by atoms with van der Waals surface area (Å²) in [6.45, 7) is 0.722. The molecule has 8 nitrogen and oxygen atoms in total. The van der Waals surface area contributed by atoms with Crippen LogP contribution in [0.3, 0.4) is 0 Å². The maximum Gasteiger partial charge on any atom is 0.227 e. The standard InChI is InChI=1S/C18H24N4O4S2/c1-19-18-21-15(11-27-18)13-4-5-16(26-2)14(10-13)20-17(23)12-6-8-22(9-7-12)28(3,24)25/h4-5,10-12H,6-9H2,1-3H3,(H,19,21)(H,20,23). The van der Waals surface area contributed by atoms with Gasteiger partial charge < -0.3 is 15.4 Å². The monoisotopic (exact) mass is 424 g/mol. The predicted octanol–water partition coefficient (Wildman–Crippen LogP) is 2.47. The molecule has 28 heavy (non-hydrogen) atoms. The molecule has 0 bridgehead atoms. The minimum Gasteiger partial charge on any atom is -0.495 e. The summed E-state index contributed by atoms with van der Waals surface area (Å²) in [6.07, 6.45) is 2.19. The zero-order valence-electron chi connectivity index (χ0n) is 16.1. The second kappa shape index (κ2) is 8.46. The van der Waals surface area contributed by atoms with Gasteiger partial charge in [-0.1, -0.05) is 0 Å². The van der Waals surface area contributed by atoms with Crippen LogP contribution < -0.4 is 15.4 Å². The molecule has 1 fully saturated rings. The Morgan fingerprint density at radius 1 is 1.32 bits per heavy atom. The highest BCUT2D eigenvalue weighted by atomic mass is 32.2. The SMILES string of the molecule is CNc1nc(-c2ccc(OC)c(NC(=O)C3CCN(S(C)(=O)=O)CC3)c2)cs1. The molecule has 1 aliphatic rings. The van der Waals surface area contributed by atoms with Crippen LogP contribution in [-0.2, 0) is 14.8 Å². The number of nitrogens with zero attached hydrogens (tertiary/aromatic N) is 2. The topological polar surface area (TPSA) is 101 Å². The van der Waals surface area contributed by atoms with Crippen molar-refractivity contribution >= 4 is 38.1 Å². The lowest BCUT2D eigenvalue weighted by Crippen LogP contribution is -2.40. The Hall–Kier alpha value is -2.17. The highest BCUT2D eigenvalue weighted by Gasteiger charge is 2.29. The van der Waals surface area contributed by atoms with Crippen LogP contribution in [0.5, 0.6) is 5.75 Å². The number of hydrogen-bond acceptors (Lipinski definition) is 7. The zero-order valence-corrected chi connectivity index (χ0v) is 17.7. The first-order chi connectivity index (χ1) is 13.3. The lowest BCUT2D eigenvalue weighted by atomic mass is 9.97. The van der Waals surface area contributed by atoms with E-state index in [-0.39, 0.29) is 11.8 Å². The van der Waals surface area contributed by atoms with Crippen molar-refractivity contribution in [1.29, 1.82) is 0 Å². The van der Waals surface area contributed by atoms with Gasteiger partial charge in [0, 0.05) is 37.0 Å². The van der Waals surface area contributed by atoms with Crippen LogP contribution in [-0.4, -0.2) is 57.1 Å². The van der Waals surface area contributed by atoms with E-state index >= 15 is 0 Å². The minimum absolute atomic E-state index is 0.127. The number of nitrogens with one attached hydrogen (secondary N) is 2. The summed E-state index contributed by atoms with van der Waals surface area (Å²) in [5.74, 6) is 0.203. The summed E-state index contributed by atoms with van der Waals surface area (Å²) in [6, 6.07) is 5.54. The Bertz CT molecular complexity index is 950. The van der Waals surface area contributed by atoms with Gasteiger partial charge in [-0.05, 0) is 31.0 Å². The number of rotatable bonds is 6. The van der Waals surface area contributed by atoms with Gasteiger partial charge in [0.05, 0.1) is 24.7 Å². The summed E-state index contributed by atoms with van der Waals surface area (Å²) in [7, 11) is 0.159. The first kappa shape index (κ1) is 20.6. The third kappa shape index (κ3) is 4.62. The highest BCUT2D eigenvalue weighted by Crippen LogP contribution is 2.33. The lowest BCUT2D eigenvalue weighted by Gasteiger charge is -2.29. The van der Waals surface area contributed by atoms with Crippen molar-refractivity contribution in [1.82, 2.24) is 9.29 Å². The Morgan fingerprint density at radius 3 is 2.61 bits per heavy atom. The molecule has 2 aromatic rings. The second-order valence-electron chi connectivity index (χ2n) is 6.63. The predicted molar refractivity (Wildman–Crippen MR) is 111 cm³/mol. The molecule has 1 aliphatic heterocycles. The van der Waals surface area contributed by atoms with E-state index in [1.54, 1.807) is 13.2 Å². The Balaban J connectivity index is 1.74. The van der Waals surface area contributed by atoms with Crippen LogP contribution in [0, 0.1) is 5.92 Å². The van der Waals surface area contributed by atoms with Crippen molar-refractivity contribution in [3.63, 3.8) is 0 Å². The van der Waals surface area contributed by atoms with E-state index in [4.69, 9.17) is 4.74 Å². The van der Waals surface area contributed by atoms with Crippen molar-refractivity contribution in [2.75, 3.05) is 44.1 Å². The van der Waals surface area contributed by atoms with E-state index in [9.17, 15) is 13.2 Å². The third-order valence-corrected chi connectivity index (χ3v) is 6.93. The maximum absolute atomic E-state index is 12.7. The molecule has 152 valence electrons. The van der Waals surface area contributed by atoms with Gasteiger partial charge in [-0.3, -0.25) is 4.79 Å². The van der Waals surface area contributed by atoms with Crippen LogP contribution in [0.2, 0.25) is 0 Å². The third-order valence-electron chi connectivity index (χ3n) is 4.76. The molecule has 1 saturated heterocycles. The Morgan fingerprint density at radius 2 is 2.04 bits per heavy atom. The smallest absolute Gasteiger partial charge is 0.227 e. The lowest BCUT2D eigenvalue weighted by molar-refractivity contribution is -0.120. The molecule has 0 aliphatic carbocycles. The number of methoxy groups -OCH3 is 1. The van der Waals surface area contributed by atoms with Crippen LogP contribution in [0.1, 0.15) is 12.8 Å². The van der Waals surface area contributed by atoms with E-state index in [0.29, 0.717) is 37.4 Å². The number of thiazole rings is 1. The van der Waals surface area contributed by atoms with Gasteiger partial charge in [-0.25, -0.2) is 17.7 Å². The quantitative estimate of drug-likeness (QED) is 0.739. The summed E-state index contributed by atoms with van der Waals surface area (Å²) in [4.78, 5) is 17.2. The summed E-state index contributed by atoms with van der Waals surface area (Å²) < 4.78 is 30.1. The van der Waals surface area contributed by atoms with Gasteiger partial charge in [0.1, 0.15) is 5.75 Å². The number of sulfonamides is 1. The number of piperidine rings is 1. The normalized spacial score (nSPS) is 16.0. The Labute approximate surface area is 169 Å². The zero-order chi connectivity index (χ0) is 20.3. The molecule has 2 N–H and O–H groups in total. The maximum atomic E-state index is 12.7. The molecular weight excluding hydrogens is 400 g/mol. The highest BCUT2D eigenvalue weighted by molar-refractivity contribution is 7.88. The van der Waals surface area contributed by atoms with Crippen molar-refractivity contribution in [2.45, 2.75) is 12.8 Å². The van der Waals surface area contributed by atoms with E-state index in [1.807, 2.05) is 24.6 Å². The van der Waals surface area contributed by atoms with E-state index in [2.05, 4.69) is 15.6 Å². The van der Waals surface area contributed by atoms with Gasteiger partial charge in [-0.15, -0.1) is 11.3 Å². The van der Waals surface area contributed by atoms with Crippen molar-refractivity contribution in [2.24, 2.45) is 5.92 Å². The van der Waals surface area contributed by atoms with Gasteiger partial charge in [0.2, 0.25) is 15.9 Å². The van der Waals surface area contributed by atoms with E-state index in [0.717, 1.165) is 16.4 Å². The molecule has 0 radical (unpaired) electrons. The van der Waals surface area contributed by atoms with Crippen LogP contribution in [0.15, 0.2) is 23.6 Å². The molecule has 10 heteroatoms. The van der Waals surface area contributed by atoms with E-state index < -0.39 is 10.0 Å². The average Bonchev–Trinajstić information content (AvgIpc) is 3.16. The molecule has 0 saturated carbocycles. The average molecular weight is 425 g/mol. The number of ether oxygens (including phenoxy) is 1. The molecule has 0 spiro atoms. The van der Waals surface area contributed by atoms with Crippen LogP contribution in [0.4, 0.5) is 10.8 Å². The minimum atomic E-state index is -3.21. The molecule has 1 aromatic carbocycles. The van der Waals surface area contributed by atoms with Crippen molar-refractivity contribution in [3.05, 3.63) is 23.6 Å². The largest absolute Gasteiger partial charge is 0.495 e. The number of carbonyl (C=O) groups is 1. The summed E-state index contributed by atoms with van der Waals surface area (Å²) >= 11 is 1.50. The van der Waals surface area contributed by atoms with Gasteiger partial charge in [0.25, 0.3) is 0 Å². The number of anilines is 2. The summed E-state index contributed by atoms with van der Waals surface area (Å²) in [5.41, 5.74) is 2.27. The number of hydrogen-bond donors (Lipinski definition) is 2.